The van der Waals surface area contributed by atoms with Gasteiger partial charge < -0.3 is 15.7 Å². The largest absolute Gasteiger partial charge is 0.481 e. The van der Waals surface area contributed by atoms with Crippen LogP contribution in [-0.2, 0) is 4.79 Å². The van der Waals surface area contributed by atoms with E-state index in [2.05, 4.69) is 17.6 Å². The number of carbonyl (C=O) groups is 2. The van der Waals surface area contributed by atoms with Crippen LogP contribution in [0.25, 0.3) is 0 Å². The number of urea groups is 1. The topological polar surface area (TPSA) is 78.4 Å². The van der Waals surface area contributed by atoms with E-state index in [4.69, 9.17) is 0 Å². The van der Waals surface area contributed by atoms with Crippen LogP contribution in [0, 0.1) is 10.8 Å². The first-order chi connectivity index (χ1) is 8.36. The second-order valence-corrected chi connectivity index (χ2v) is 6.31. The second-order valence-electron chi connectivity index (χ2n) is 6.31. The lowest BCUT2D eigenvalue weighted by Crippen LogP contribution is -2.50. The summed E-state index contributed by atoms with van der Waals surface area (Å²) in [6.45, 7) is 4.54. The Labute approximate surface area is 107 Å². The SMILES string of the molecule is CC1(CNC(=O)NC2CCCC2(C)C(=O)O)CC1. The highest BCUT2D eigenvalue weighted by Gasteiger charge is 2.46. The summed E-state index contributed by atoms with van der Waals surface area (Å²) in [6, 6.07) is -0.496. The Hall–Kier alpha value is -1.26. The van der Waals surface area contributed by atoms with Crippen molar-refractivity contribution in [2.45, 2.75) is 52.0 Å². The van der Waals surface area contributed by atoms with E-state index in [-0.39, 0.29) is 17.5 Å². The first kappa shape index (κ1) is 13.2. The number of carboxylic acid groups (broad SMARTS) is 1. The molecule has 0 bridgehead atoms. The van der Waals surface area contributed by atoms with Gasteiger partial charge in [0.25, 0.3) is 0 Å². The number of amides is 2. The number of carbonyl (C=O) groups excluding carboxylic acids is 1. The highest BCUT2D eigenvalue weighted by Crippen LogP contribution is 2.44. The molecule has 2 rings (SSSR count). The Morgan fingerprint density at radius 3 is 2.50 bits per heavy atom. The molecular formula is C13H22N2O3. The van der Waals surface area contributed by atoms with Gasteiger partial charge in [0.2, 0.25) is 0 Å². The molecule has 2 amide bonds. The van der Waals surface area contributed by atoms with Crippen LogP contribution in [0.5, 0.6) is 0 Å². The number of nitrogens with one attached hydrogen (secondary N) is 2. The third kappa shape index (κ3) is 2.60. The molecular weight excluding hydrogens is 232 g/mol. The van der Waals surface area contributed by atoms with Gasteiger partial charge in [-0.2, -0.15) is 0 Å². The molecule has 2 aliphatic rings. The van der Waals surface area contributed by atoms with Crippen molar-refractivity contribution in [3.63, 3.8) is 0 Å². The molecule has 0 aromatic rings. The summed E-state index contributed by atoms with van der Waals surface area (Å²) in [4.78, 5) is 23.0. The van der Waals surface area contributed by atoms with Crippen molar-refractivity contribution in [3.8, 4) is 0 Å². The van der Waals surface area contributed by atoms with Crippen molar-refractivity contribution >= 4 is 12.0 Å². The average molecular weight is 254 g/mol. The number of carboxylic acids is 1. The minimum atomic E-state index is -0.820. The summed E-state index contributed by atoms with van der Waals surface area (Å²) in [5, 5.41) is 14.9. The van der Waals surface area contributed by atoms with Crippen molar-refractivity contribution in [1.29, 1.82) is 0 Å². The molecule has 2 aliphatic carbocycles. The van der Waals surface area contributed by atoms with Crippen LogP contribution in [0.4, 0.5) is 4.79 Å². The van der Waals surface area contributed by atoms with Gasteiger partial charge in [-0.3, -0.25) is 4.79 Å². The van der Waals surface area contributed by atoms with Gasteiger partial charge in [-0.1, -0.05) is 13.3 Å². The lowest BCUT2D eigenvalue weighted by Gasteiger charge is -2.28. The smallest absolute Gasteiger partial charge is 0.315 e. The molecule has 0 aromatic heterocycles. The molecule has 0 radical (unpaired) electrons. The molecule has 0 heterocycles. The normalized spacial score (nSPS) is 32.9. The average Bonchev–Trinajstić information content (AvgIpc) is 2.92. The van der Waals surface area contributed by atoms with Crippen LogP contribution in [0.2, 0.25) is 0 Å². The number of hydrogen-bond acceptors (Lipinski definition) is 2. The summed E-state index contributed by atoms with van der Waals surface area (Å²) >= 11 is 0. The van der Waals surface area contributed by atoms with Gasteiger partial charge in [-0.15, -0.1) is 0 Å². The van der Waals surface area contributed by atoms with E-state index in [0.717, 1.165) is 25.7 Å². The molecule has 18 heavy (non-hydrogen) atoms. The van der Waals surface area contributed by atoms with Gasteiger partial charge in [0.15, 0.2) is 0 Å². The summed E-state index contributed by atoms with van der Waals surface area (Å²) in [6.07, 6.45) is 4.54. The maximum atomic E-state index is 11.8. The Kier molecular flexibility index (Phi) is 3.25. The summed E-state index contributed by atoms with van der Waals surface area (Å²) in [5.41, 5.74) is -0.552. The lowest BCUT2D eigenvalue weighted by molar-refractivity contribution is -0.148. The minimum Gasteiger partial charge on any atom is -0.481 e. The van der Waals surface area contributed by atoms with E-state index in [0.29, 0.717) is 13.0 Å². The summed E-state index contributed by atoms with van der Waals surface area (Å²) in [5.74, 6) is -0.820. The minimum absolute atomic E-state index is 0.234. The predicted molar refractivity (Wildman–Crippen MR) is 67.3 cm³/mol. The van der Waals surface area contributed by atoms with Crippen LogP contribution in [0.15, 0.2) is 0 Å². The van der Waals surface area contributed by atoms with E-state index < -0.39 is 11.4 Å². The van der Waals surface area contributed by atoms with Crippen molar-refractivity contribution < 1.29 is 14.7 Å². The van der Waals surface area contributed by atoms with Gasteiger partial charge in [-0.25, -0.2) is 4.79 Å². The first-order valence-corrected chi connectivity index (χ1v) is 6.64. The van der Waals surface area contributed by atoms with Gasteiger partial charge in [0, 0.05) is 12.6 Å². The van der Waals surface area contributed by atoms with E-state index in [1.165, 1.54) is 0 Å². The van der Waals surface area contributed by atoms with Crippen molar-refractivity contribution in [3.05, 3.63) is 0 Å². The Bertz CT molecular complexity index is 365. The van der Waals surface area contributed by atoms with Gasteiger partial charge >= 0.3 is 12.0 Å². The third-order valence-corrected chi connectivity index (χ3v) is 4.53. The van der Waals surface area contributed by atoms with E-state index in [1.54, 1.807) is 6.92 Å². The van der Waals surface area contributed by atoms with Crippen LogP contribution in [0.1, 0.15) is 46.0 Å². The number of aliphatic carboxylic acids is 1. The van der Waals surface area contributed by atoms with Crippen molar-refractivity contribution in [1.82, 2.24) is 10.6 Å². The molecule has 2 atom stereocenters. The monoisotopic (exact) mass is 254 g/mol. The standard InChI is InChI=1S/C13H22N2O3/c1-12(6-7-12)8-14-11(18)15-9-4-3-5-13(9,2)10(16)17/h9H,3-8H2,1-2H3,(H,16,17)(H2,14,15,18). The molecule has 2 unspecified atom stereocenters. The molecule has 3 N–H and O–H groups in total. The van der Waals surface area contributed by atoms with Crippen molar-refractivity contribution in [2.24, 2.45) is 10.8 Å². The fourth-order valence-electron chi connectivity index (χ4n) is 2.55. The Morgan fingerprint density at radius 2 is 1.94 bits per heavy atom. The highest BCUT2D eigenvalue weighted by molar-refractivity contribution is 5.79. The fraction of sp³-hybridized carbons (Fsp3) is 0.846. The maximum absolute atomic E-state index is 11.8. The van der Waals surface area contributed by atoms with Crippen LogP contribution in [0.3, 0.4) is 0 Å². The summed E-state index contributed by atoms with van der Waals surface area (Å²) < 4.78 is 0. The van der Waals surface area contributed by atoms with Gasteiger partial charge in [-0.05, 0) is 38.0 Å². The predicted octanol–water partition coefficient (Wildman–Crippen LogP) is 1.73. The molecule has 5 heteroatoms. The van der Waals surface area contributed by atoms with Crippen molar-refractivity contribution in [2.75, 3.05) is 6.54 Å². The zero-order valence-electron chi connectivity index (χ0n) is 11.1. The van der Waals surface area contributed by atoms with Gasteiger partial charge in [0.05, 0.1) is 5.41 Å². The molecule has 0 aliphatic heterocycles. The second kappa shape index (κ2) is 4.44. The molecule has 0 spiro atoms. The zero-order valence-corrected chi connectivity index (χ0v) is 11.1. The fourth-order valence-corrected chi connectivity index (χ4v) is 2.55. The molecule has 2 fully saturated rings. The quantitative estimate of drug-likeness (QED) is 0.715. The molecule has 5 nitrogen and oxygen atoms in total. The lowest BCUT2D eigenvalue weighted by atomic mass is 9.85. The van der Waals surface area contributed by atoms with Crippen LogP contribution < -0.4 is 10.6 Å². The highest BCUT2D eigenvalue weighted by atomic mass is 16.4. The zero-order chi connectivity index (χ0) is 13.4. The van der Waals surface area contributed by atoms with Crippen LogP contribution >= 0.6 is 0 Å². The molecule has 102 valence electrons. The Balaban J connectivity index is 1.84. The van der Waals surface area contributed by atoms with E-state index in [1.807, 2.05) is 0 Å². The van der Waals surface area contributed by atoms with E-state index >= 15 is 0 Å². The molecule has 0 aromatic carbocycles. The third-order valence-electron chi connectivity index (χ3n) is 4.53. The molecule has 0 saturated heterocycles. The molecule has 2 saturated carbocycles. The van der Waals surface area contributed by atoms with Gasteiger partial charge in [0.1, 0.15) is 0 Å². The maximum Gasteiger partial charge on any atom is 0.315 e. The van der Waals surface area contributed by atoms with E-state index in [9.17, 15) is 14.7 Å². The number of hydrogen-bond donors (Lipinski definition) is 3. The number of rotatable bonds is 4. The summed E-state index contributed by atoms with van der Waals surface area (Å²) in [7, 11) is 0. The first-order valence-electron chi connectivity index (χ1n) is 6.64. The van der Waals surface area contributed by atoms with Crippen LogP contribution in [-0.4, -0.2) is 29.7 Å². The Morgan fingerprint density at radius 1 is 1.28 bits per heavy atom.